The van der Waals surface area contributed by atoms with Crippen LogP contribution in [-0.2, 0) is 17.8 Å². The second kappa shape index (κ2) is 12.3. The highest BCUT2D eigenvalue weighted by Gasteiger charge is 2.44. The molecule has 0 unspecified atom stereocenters. The van der Waals surface area contributed by atoms with E-state index in [1.165, 1.54) is 0 Å². The molecule has 1 fully saturated rings. The molecule has 0 spiro atoms. The summed E-state index contributed by atoms with van der Waals surface area (Å²) in [6, 6.07) is 24.3. The van der Waals surface area contributed by atoms with Crippen LogP contribution < -0.4 is 25.3 Å². The molecule has 1 aliphatic rings. The van der Waals surface area contributed by atoms with Crippen LogP contribution in [0.4, 0.5) is 11.8 Å². The monoisotopic (exact) mass is 540 g/mol. The van der Waals surface area contributed by atoms with Crippen LogP contribution in [0.5, 0.6) is 17.4 Å². The van der Waals surface area contributed by atoms with Crippen molar-refractivity contribution in [2.24, 2.45) is 0 Å². The Morgan fingerprint density at radius 2 is 1.68 bits per heavy atom. The molecule has 8 nitrogen and oxygen atoms in total. The van der Waals surface area contributed by atoms with Gasteiger partial charge in [0.2, 0.25) is 11.8 Å². The lowest BCUT2D eigenvalue weighted by Gasteiger charge is -2.19. The molecular formula is C32H36N4O4. The Hall–Kier alpha value is -4.30. The van der Waals surface area contributed by atoms with Gasteiger partial charge in [-0.1, -0.05) is 54.6 Å². The lowest BCUT2D eigenvalue weighted by Crippen LogP contribution is -2.29. The van der Waals surface area contributed by atoms with E-state index >= 15 is 0 Å². The van der Waals surface area contributed by atoms with Crippen molar-refractivity contribution in [2.45, 2.75) is 38.3 Å². The fraction of sp³-hybridized carbons (Fsp3) is 0.312. The van der Waals surface area contributed by atoms with Gasteiger partial charge in [-0.2, -0.15) is 9.97 Å². The number of hydrogen-bond donors (Lipinski definition) is 2. The van der Waals surface area contributed by atoms with Gasteiger partial charge in [-0.05, 0) is 54.7 Å². The lowest BCUT2D eigenvalue weighted by atomic mass is 9.99. The minimum atomic E-state index is -0.183. The van der Waals surface area contributed by atoms with Crippen molar-refractivity contribution in [2.75, 3.05) is 38.5 Å². The van der Waals surface area contributed by atoms with E-state index in [9.17, 15) is 0 Å². The number of anilines is 2. The van der Waals surface area contributed by atoms with E-state index in [1.807, 2.05) is 55.5 Å². The molecule has 0 atom stereocenters. The fourth-order valence-electron chi connectivity index (χ4n) is 4.67. The predicted molar refractivity (Wildman–Crippen MR) is 157 cm³/mol. The highest BCUT2D eigenvalue weighted by molar-refractivity contribution is 5.71. The molecule has 1 aromatic heterocycles. The Kier molecular flexibility index (Phi) is 8.36. The van der Waals surface area contributed by atoms with Crippen molar-refractivity contribution in [1.29, 1.82) is 0 Å². The summed E-state index contributed by atoms with van der Waals surface area (Å²) in [5.41, 5.74) is 11.2. The van der Waals surface area contributed by atoms with Gasteiger partial charge in [0.05, 0.1) is 45.1 Å². The number of ether oxygens (including phenoxy) is 4. The molecule has 0 bridgehead atoms. The number of benzene rings is 3. The van der Waals surface area contributed by atoms with Crippen LogP contribution in [0, 0.1) is 0 Å². The number of methoxy groups -OCH3 is 2. The van der Waals surface area contributed by atoms with Gasteiger partial charge in [0.1, 0.15) is 17.3 Å². The van der Waals surface area contributed by atoms with Gasteiger partial charge in [0, 0.05) is 12.0 Å². The molecule has 0 amide bonds. The molecule has 1 heterocycles. The van der Waals surface area contributed by atoms with Gasteiger partial charge in [0.15, 0.2) is 0 Å². The molecule has 4 aromatic rings. The van der Waals surface area contributed by atoms with Crippen LogP contribution in [-0.4, -0.2) is 42.9 Å². The second-order valence-electron chi connectivity index (χ2n) is 9.97. The van der Waals surface area contributed by atoms with Crippen LogP contribution in [0.1, 0.15) is 36.5 Å². The number of nitrogens with zero attached hydrogens (tertiary/aromatic N) is 2. The third-order valence-corrected chi connectivity index (χ3v) is 7.04. The highest BCUT2D eigenvalue weighted by Crippen LogP contribution is 2.40. The van der Waals surface area contributed by atoms with Crippen LogP contribution in [0.25, 0.3) is 11.1 Å². The van der Waals surface area contributed by atoms with E-state index in [0.717, 1.165) is 52.2 Å². The summed E-state index contributed by atoms with van der Waals surface area (Å²) < 4.78 is 23.0. The summed E-state index contributed by atoms with van der Waals surface area (Å²) in [4.78, 5) is 9.24. The van der Waals surface area contributed by atoms with Crippen molar-refractivity contribution < 1.29 is 18.9 Å². The smallest absolute Gasteiger partial charge is 0.228 e. The van der Waals surface area contributed by atoms with Gasteiger partial charge in [-0.25, -0.2) is 0 Å². The standard InChI is InChI=1S/C32H36N4O4/c1-4-40-28-19-23(10-15-26(28)24-11-13-25(37-2)14-12-24)18-27-29(33)34-31(35-30(27)38-3)36-32(16-17-32)21-39-20-22-8-6-5-7-9-22/h5-15,19H,4,16-18,20-21H2,1-3H3,(H3,33,34,35,36). The van der Waals surface area contributed by atoms with Crippen LogP contribution in [0.3, 0.4) is 0 Å². The molecule has 0 aliphatic heterocycles. The van der Waals surface area contributed by atoms with E-state index in [1.54, 1.807) is 14.2 Å². The Morgan fingerprint density at radius 1 is 0.900 bits per heavy atom. The Labute approximate surface area is 235 Å². The number of aromatic nitrogens is 2. The second-order valence-corrected chi connectivity index (χ2v) is 9.97. The minimum absolute atomic E-state index is 0.183. The molecule has 3 aromatic carbocycles. The molecule has 1 saturated carbocycles. The van der Waals surface area contributed by atoms with Gasteiger partial charge in [-0.15, -0.1) is 0 Å². The zero-order valence-corrected chi connectivity index (χ0v) is 23.3. The number of nitrogens with two attached hydrogens (primary N) is 1. The van der Waals surface area contributed by atoms with Crippen LogP contribution in [0.15, 0.2) is 72.8 Å². The van der Waals surface area contributed by atoms with Crippen molar-refractivity contribution >= 4 is 11.8 Å². The normalized spacial score (nSPS) is 13.5. The van der Waals surface area contributed by atoms with Crippen molar-refractivity contribution in [1.82, 2.24) is 9.97 Å². The van der Waals surface area contributed by atoms with Gasteiger partial charge >= 0.3 is 0 Å². The Bertz CT molecular complexity index is 1420. The first-order chi connectivity index (χ1) is 19.5. The molecule has 208 valence electrons. The van der Waals surface area contributed by atoms with Crippen molar-refractivity contribution in [3.05, 3.63) is 89.5 Å². The molecule has 8 heteroatoms. The summed E-state index contributed by atoms with van der Waals surface area (Å²) >= 11 is 0. The molecular weight excluding hydrogens is 504 g/mol. The summed E-state index contributed by atoms with van der Waals surface area (Å²) in [6.07, 6.45) is 2.47. The highest BCUT2D eigenvalue weighted by atomic mass is 16.5. The average Bonchev–Trinajstić information content (AvgIpc) is 3.74. The third-order valence-electron chi connectivity index (χ3n) is 7.04. The Morgan fingerprint density at radius 3 is 2.35 bits per heavy atom. The fourth-order valence-corrected chi connectivity index (χ4v) is 4.67. The van der Waals surface area contributed by atoms with Crippen LogP contribution in [0.2, 0.25) is 0 Å². The van der Waals surface area contributed by atoms with E-state index < -0.39 is 0 Å². The number of rotatable bonds is 13. The topological polar surface area (TPSA) is 101 Å². The summed E-state index contributed by atoms with van der Waals surface area (Å²) in [7, 11) is 3.26. The third kappa shape index (κ3) is 6.46. The maximum absolute atomic E-state index is 6.46. The van der Waals surface area contributed by atoms with Crippen molar-refractivity contribution in [3.63, 3.8) is 0 Å². The van der Waals surface area contributed by atoms with Crippen LogP contribution >= 0.6 is 0 Å². The summed E-state index contributed by atoms with van der Waals surface area (Å²) in [5.74, 6) is 2.89. The van der Waals surface area contributed by atoms with E-state index in [-0.39, 0.29) is 5.54 Å². The van der Waals surface area contributed by atoms with Crippen molar-refractivity contribution in [3.8, 4) is 28.5 Å². The first kappa shape index (κ1) is 27.3. The molecule has 1 aliphatic carbocycles. The van der Waals surface area contributed by atoms with E-state index in [0.29, 0.717) is 43.9 Å². The Balaban J connectivity index is 1.30. The summed E-state index contributed by atoms with van der Waals surface area (Å²) in [6.45, 7) is 3.66. The maximum Gasteiger partial charge on any atom is 0.228 e. The number of nitrogen functional groups attached to an aromatic ring is 1. The first-order valence-electron chi connectivity index (χ1n) is 13.5. The van der Waals surface area contributed by atoms with Gasteiger partial charge in [-0.3, -0.25) is 0 Å². The summed E-state index contributed by atoms with van der Waals surface area (Å²) in [5, 5.41) is 3.45. The zero-order valence-electron chi connectivity index (χ0n) is 23.3. The quantitative estimate of drug-likeness (QED) is 0.216. The molecule has 3 N–H and O–H groups in total. The zero-order chi connectivity index (χ0) is 28.0. The molecule has 0 saturated heterocycles. The number of nitrogens with one attached hydrogen (secondary N) is 1. The molecule has 5 rings (SSSR count). The average molecular weight is 541 g/mol. The predicted octanol–water partition coefficient (Wildman–Crippen LogP) is 5.89. The van der Waals surface area contributed by atoms with Gasteiger partial charge < -0.3 is 30.0 Å². The van der Waals surface area contributed by atoms with E-state index in [2.05, 4.69) is 39.6 Å². The largest absolute Gasteiger partial charge is 0.497 e. The molecule has 40 heavy (non-hydrogen) atoms. The minimum Gasteiger partial charge on any atom is -0.497 e. The SMILES string of the molecule is CCOc1cc(Cc2c(N)nc(NC3(COCc4ccccc4)CC3)nc2OC)ccc1-c1ccc(OC)cc1. The first-order valence-corrected chi connectivity index (χ1v) is 13.5. The van der Waals surface area contributed by atoms with E-state index in [4.69, 9.17) is 24.7 Å². The number of hydrogen-bond acceptors (Lipinski definition) is 8. The lowest BCUT2D eigenvalue weighted by molar-refractivity contribution is 0.106. The maximum atomic E-state index is 6.46. The van der Waals surface area contributed by atoms with Gasteiger partial charge in [0.25, 0.3) is 0 Å². The molecule has 0 radical (unpaired) electrons.